The summed E-state index contributed by atoms with van der Waals surface area (Å²) >= 11 is 0. The lowest BCUT2D eigenvalue weighted by atomic mass is 10.1. The van der Waals surface area contributed by atoms with Crippen molar-refractivity contribution in [2.45, 2.75) is 19.4 Å². The number of nitrogens with zero attached hydrogens (tertiary/aromatic N) is 1. The molecule has 4 nitrogen and oxygen atoms in total. The molecule has 1 unspecified atom stereocenters. The van der Waals surface area contributed by atoms with Gasteiger partial charge in [-0.2, -0.15) is 5.26 Å². The van der Waals surface area contributed by atoms with Crippen LogP contribution in [0.3, 0.4) is 0 Å². The fourth-order valence-corrected chi connectivity index (χ4v) is 1.38. The Bertz CT molecular complexity index is 384. The highest BCUT2D eigenvalue weighted by Gasteiger charge is 2.12. The summed E-state index contributed by atoms with van der Waals surface area (Å²) in [6, 6.07) is 10.7. The van der Waals surface area contributed by atoms with E-state index in [1.807, 2.05) is 37.3 Å². The molecular formula is C13H16N2O2. The van der Waals surface area contributed by atoms with E-state index in [1.54, 1.807) is 0 Å². The van der Waals surface area contributed by atoms with Gasteiger partial charge in [0.05, 0.1) is 19.1 Å². The van der Waals surface area contributed by atoms with Crippen molar-refractivity contribution < 1.29 is 9.53 Å². The largest absolute Gasteiger partial charge is 0.381 e. The predicted octanol–water partition coefficient (Wildman–Crippen LogP) is 1.79. The van der Waals surface area contributed by atoms with Gasteiger partial charge in [0.1, 0.15) is 6.04 Å². The molecular weight excluding hydrogens is 216 g/mol. The molecule has 1 N–H and O–H groups in total. The maximum Gasteiger partial charge on any atom is 0.223 e. The van der Waals surface area contributed by atoms with E-state index in [0.29, 0.717) is 13.2 Å². The zero-order valence-electron chi connectivity index (χ0n) is 9.85. The van der Waals surface area contributed by atoms with Crippen LogP contribution in [0.1, 0.15) is 24.9 Å². The van der Waals surface area contributed by atoms with Gasteiger partial charge in [-0.3, -0.25) is 4.79 Å². The lowest BCUT2D eigenvalue weighted by Crippen LogP contribution is -2.28. The van der Waals surface area contributed by atoms with Gasteiger partial charge in [0.2, 0.25) is 5.91 Å². The number of nitriles is 1. The predicted molar refractivity (Wildman–Crippen MR) is 64.0 cm³/mol. The molecule has 0 spiro atoms. The number of carbonyl (C=O) groups excluding carboxylic acids is 1. The van der Waals surface area contributed by atoms with E-state index >= 15 is 0 Å². The van der Waals surface area contributed by atoms with Crippen LogP contribution in [0.2, 0.25) is 0 Å². The standard InChI is InChI=1S/C13H16N2O2/c1-2-17-9-8-13(16)15-12(10-14)11-6-4-3-5-7-11/h3-7,12H,2,8-9H2,1H3,(H,15,16). The summed E-state index contributed by atoms with van der Waals surface area (Å²) in [5.74, 6) is -0.172. The first kappa shape index (κ1) is 13.2. The normalized spacial score (nSPS) is 11.5. The molecule has 0 fully saturated rings. The van der Waals surface area contributed by atoms with Gasteiger partial charge in [-0.05, 0) is 12.5 Å². The topological polar surface area (TPSA) is 62.1 Å². The Morgan fingerprint density at radius 2 is 2.18 bits per heavy atom. The number of hydrogen-bond donors (Lipinski definition) is 1. The first-order chi connectivity index (χ1) is 8.27. The van der Waals surface area contributed by atoms with E-state index in [9.17, 15) is 4.79 Å². The second-order valence-electron chi connectivity index (χ2n) is 3.49. The summed E-state index contributed by atoms with van der Waals surface area (Å²) in [5.41, 5.74) is 0.791. The van der Waals surface area contributed by atoms with Crippen molar-refractivity contribution in [3.63, 3.8) is 0 Å². The SMILES string of the molecule is CCOCCC(=O)NC(C#N)c1ccccc1. The molecule has 0 heterocycles. The van der Waals surface area contributed by atoms with Crippen molar-refractivity contribution in [1.82, 2.24) is 5.32 Å². The minimum absolute atomic E-state index is 0.172. The first-order valence-electron chi connectivity index (χ1n) is 5.59. The number of nitrogens with one attached hydrogen (secondary N) is 1. The van der Waals surface area contributed by atoms with Gasteiger partial charge in [0.25, 0.3) is 0 Å². The van der Waals surface area contributed by atoms with Crippen molar-refractivity contribution in [2.75, 3.05) is 13.2 Å². The summed E-state index contributed by atoms with van der Waals surface area (Å²) in [6.07, 6.45) is 0.277. The van der Waals surface area contributed by atoms with E-state index in [4.69, 9.17) is 10.00 Å². The molecule has 0 aliphatic heterocycles. The molecule has 0 aliphatic carbocycles. The Balaban J connectivity index is 2.48. The van der Waals surface area contributed by atoms with Crippen molar-refractivity contribution >= 4 is 5.91 Å². The molecule has 0 bridgehead atoms. The summed E-state index contributed by atoms with van der Waals surface area (Å²) in [4.78, 5) is 11.5. The van der Waals surface area contributed by atoms with Crippen molar-refractivity contribution in [3.8, 4) is 6.07 Å². The summed E-state index contributed by atoms with van der Waals surface area (Å²) in [6.45, 7) is 2.85. The highest BCUT2D eigenvalue weighted by molar-refractivity contribution is 5.76. The van der Waals surface area contributed by atoms with E-state index in [-0.39, 0.29) is 12.3 Å². The minimum Gasteiger partial charge on any atom is -0.381 e. The second kappa shape index (κ2) is 7.42. The quantitative estimate of drug-likeness (QED) is 0.761. The average Bonchev–Trinajstić information content (AvgIpc) is 2.37. The molecule has 17 heavy (non-hydrogen) atoms. The van der Waals surface area contributed by atoms with Gasteiger partial charge in [0.15, 0.2) is 0 Å². The highest BCUT2D eigenvalue weighted by atomic mass is 16.5. The number of rotatable bonds is 6. The molecule has 0 saturated carbocycles. The van der Waals surface area contributed by atoms with Gasteiger partial charge in [-0.1, -0.05) is 30.3 Å². The molecule has 1 aromatic carbocycles. The lowest BCUT2D eigenvalue weighted by molar-refractivity contribution is -0.122. The molecule has 1 amide bonds. The molecule has 1 rings (SSSR count). The molecule has 4 heteroatoms. The number of ether oxygens (including phenoxy) is 1. The fraction of sp³-hybridized carbons (Fsp3) is 0.385. The maximum absolute atomic E-state index is 11.5. The van der Waals surface area contributed by atoms with Crippen molar-refractivity contribution in [2.24, 2.45) is 0 Å². The average molecular weight is 232 g/mol. The molecule has 0 radical (unpaired) electrons. The monoisotopic (exact) mass is 232 g/mol. The van der Waals surface area contributed by atoms with E-state index < -0.39 is 6.04 Å². The number of benzene rings is 1. The van der Waals surface area contributed by atoms with Crippen molar-refractivity contribution in [3.05, 3.63) is 35.9 Å². The minimum atomic E-state index is -0.592. The fourth-order valence-electron chi connectivity index (χ4n) is 1.38. The van der Waals surface area contributed by atoms with E-state index in [0.717, 1.165) is 5.56 Å². The zero-order chi connectivity index (χ0) is 12.5. The third kappa shape index (κ3) is 4.66. The van der Waals surface area contributed by atoms with Crippen LogP contribution in [0.15, 0.2) is 30.3 Å². The first-order valence-corrected chi connectivity index (χ1v) is 5.59. The Kier molecular flexibility index (Phi) is 5.76. The number of amides is 1. The van der Waals surface area contributed by atoms with Gasteiger partial charge in [0, 0.05) is 6.61 Å². The summed E-state index contributed by atoms with van der Waals surface area (Å²) in [7, 11) is 0. The third-order valence-electron chi connectivity index (χ3n) is 2.24. The Morgan fingerprint density at radius 3 is 2.76 bits per heavy atom. The van der Waals surface area contributed by atoms with Crippen LogP contribution in [-0.4, -0.2) is 19.1 Å². The Morgan fingerprint density at radius 1 is 1.47 bits per heavy atom. The van der Waals surface area contributed by atoms with Crippen LogP contribution in [-0.2, 0) is 9.53 Å². The summed E-state index contributed by atoms with van der Waals surface area (Å²) in [5, 5.41) is 11.7. The smallest absolute Gasteiger partial charge is 0.223 e. The molecule has 0 aliphatic rings. The number of hydrogen-bond acceptors (Lipinski definition) is 3. The zero-order valence-corrected chi connectivity index (χ0v) is 9.85. The van der Waals surface area contributed by atoms with Crippen LogP contribution >= 0.6 is 0 Å². The van der Waals surface area contributed by atoms with Crippen LogP contribution in [0.5, 0.6) is 0 Å². The molecule has 1 atom stereocenters. The Hall–Kier alpha value is -1.86. The molecule has 0 aromatic heterocycles. The molecule has 0 saturated heterocycles. The lowest BCUT2D eigenvalue weighted by Gasteiger charge is -2.11. The highest BCUT2D eigenvalue weighted by Crippen LogP contribution is 2.11. The van der Waals surface area contributed by atoms with Gasteiger partial charge in [-0.15, -0.1) is 0 Å². The Labute approximate surface area is 101 Å². The van der Waals surface area contributed by atoms with Gasteiger partial charge >= 0.3 is 0 Å². The van der Waals surface area contributed by atoms with E-state index in [2.05, 4.69) is 11.4 Å². The van der Waals surface area contributed by atoms with Crippen LogP contribution in [0.4, 0.5) is 0 Å². The van der Waals surface area contributed by atoms with Gasteiger partial charge < -0.3 is 10.1 Å². The van der Waals surface area contributed by atoms with Crippen molar-refractivity contribution in [1.29, 1.82) is 5.26 Å². The second-order valence-corrected chi connectivity index (χ2v) is 3.49. The van der Waals surface area contributed by atoms with E-state index in [1.165, 1.54) is 0 Å². The van der Waals surface area contributed by atoms with Crippen LogP contribution in [0.25, 0.3) is 0 Å². The molecule has 1 aromatic rings. The van der Waals surface area contributed by atoms with Gasteiger partial charge in [-0.25, -0.2) is 0 Å². The summed E-state index contributed by atoms with van der Waals surface area (Å²) < 4.78 is 5.08. The van der Waals surface area contributed by atoms with Crippen LogP contribution in [0, 0.1) is 11.3 Å². The van der Waals surface area contributed by atoms with Crippen LogP contribution < -0.4 is 5.32 Å². The molecule has 90 valence electrons. The third-order valence-corrected chi connectivity index (χ3v) is 2.24. The number of carbonyl (C=O) groups is 1. The maximum atomic E-state index is 11.5.